The van der Waals surface area contributed by atoms with Crippen molar-refractivity contribution in [1.82, 2.24) is 5.32 Å². The van der Waals surface area contributed by atoms with Gasteiger partial charge in [0, 0.05) is 6.04 Å². The van der Waals surface area contributed by atoms with Gasteiger partial charge in [-0.25, -0.2) is 0 Å². The average Bonchev–Trinajstić information content (AvgIpc) is 2.79. The Bertz CT molecular complexity index is 333. The zero-order valence-corrected chi connectivity index (χ0v) is 10.9. The number of benzene rings is 1. The van der Waals surface area contributed by atoms with Crippen LogP contribution in [0.25, 0.3) is 0 Å². The van der Waals surface area contributed by atoms with E-state index in [0.29, 0.717) is 6.04 Å². The molecule has 2 nitrogen and oxygen atoms in total. The van der Waals surface area contributed by atoms with E-state index in [1.807, 2.05) is 6.92 Å². The van der Waals surface area contributed by atoms with Crippen molar-refractivity contribution < 1.29 is 4.74 Å². The number of nitrogens with one attached hydrogen (secondary N) is 1. The quantitative estimate of drug-likeness (QED) is 0.844. The van der Waals surface area contributed by atoms with Gasteiger partial charge < -0.3 is 10.1 Å². The van der Waals surface area contributed by atoms with Crippen LogP contribution in [0.4, 0.5) is 0 Å². The first kappa shape index (κ1) is 12.4. The van der Waals surface area contributed by atoms with Crippen LogP contribution in [0, 0.1) is 5.92 Å². The van der Waals surface area contributed by atoms with Crippen LogP contribution in [0.5, 0.6) is 5.75 Å². The van der Waals surface area contributed by atoms with Crippen molar-refractivity contribution in [2.45, 2.75) is 39.2 Å². The lowest BCUT2D eigenvalue weighted by Gasteiger charge is -2.18. The molecule has 1 aromatic rings. The summed E-state index contributed by atoms with van der Waals surface area (Å²) in [5.41, 5.74) is 1.41. The molecule has 2 unspecified atom stereocenters. The van der Waals surface area contributed by atoms with Crippen LogP contribution in [-0.4, -0.2) is 19.2 Å². The van der Waals surface area contributed by atoms with Gasteiger partial charge in [0.25, 0.3) is 0 Å². The van der Waals surface area contributed by atoms with Crippen LogP contribution in [0.2, 0.25) is 0 Å². The molecule has 0 aromatic heterocycles. The molecular weight excluding hydrogens is 210 g/mol. The van der Waals surface area contributed by atoms with Gasteiger partial charge in [-0.15, -0.1) is 0 Å². The normalized spacial score (nSPS) is 23.9. The molecule has 2 heteroatoms. The Hall–Kier alpha value is -1.02. The highest BCUT2D eigenvalue weighted by atomic mass is 16.5. The van der Waals surface area contributed by atoms with E-state index in [1.165, 1.54) is 24.9 Å². The molecule has 2 atom stereocenters. The standard InChI is InChI=1S/C15H23NO/c1-3-13-9-10-16-15(13)11-12-5-7-14(8-6-12)17-4-2/h5-8,13,15-16H,3-4,9-11H2,1-2H3. The van der Waals surface area contributed by atoms with Crippen molar-refractivity contribution in [3.8, 4) is 5.75 Å². The number of ether oxygens (including phenoxy) is 1. The topological polar surface area (TPSA) is 21.3 Å². The molecule has 17 heavy (non-hydrogen) atoms. The predicted octanol–water partition coefficient (Wildman–Crippen LogP) is 3.02. The molecule has 1 aliphatic heterocycles. The van der Waals surface area contributed by atoms with E-state index in [9.17, 15) is 0 Å². The summed E-state index contributed by atoms with van der Waals surface area (Å²) < 4.78 is 5.46. The summed E-state index contributed by atoms with van der Waals surface area (Å²) in [7, 11) is 0. The molecular formula is C15H23NO. The molecule has 1 aromatic carbocycles. The minimum atomic E-state index is 0.665. The van der Waals surface area contributed by atoms with Gasteiger partial charge in [-0.3, -0.25) is 0 Å². The maximum Gasteiger partial charge on any atom is 0.119 e. The lowest BCUT2D eigenvalue weighted by atomic mass is 9.93. The molecule has 1 aliphatic rings. The van der Waals surface area contributed by atoms with Gasteiger partial charge in [0.1, 0.15) is 5.75 Å². The maximum absolute atomic E-state index is 5.46. The van der Waals surface area contributed by atoms with Gasteiger partial charge in [-0.1, -0.05) is 25.5 Å². The number of hydrogen-bond acceptors (Lipinski definition) is 2. The minimum absolute atomic E-state index is 0.665. The number of hydrogen-bond donors (Lipinski definition) is 1. The van der Waals surface area contributed by atoms with Crippen molar-refractivity contribution in [2.75, 3.05) is 13.2 Å². The molecule has 0 spiro atoms. The first-order chi connectivity index (χ1) is 8.33. The fraction of sp³-hybridized carbons (Fsp3) is 0.600. The highest BCUT2D eigenvalue weighted by Gasteiger charge is 2.24. The summed E-state index contributed by atoms with van der Waals surface area (Å²) in [5.74, 6) is 1.82. The van der Waals surface area contributed by atoms with E-state index in [4.69, 9.17) is 4.74 Å². The lowest BCUT2D eigenvalue weighted by Crippen LogP contribution is -2.28. The molecule has 0 aliphatic carbocycles. The van der Waals surface area contributed by atoms with E-state index >= 15 is 0 Å². The van der Waals surface area contributed by atoms with E-state index < -0.39 is 0 Å². The van der Waals surface area contributed by atoms with Gasteiger partial charge in [-0.05, 0) is 49.9 Å². The Morgan fingerprint density at radius 3 is 2.65 bits per heavy atom. The molecule has 1 heterocycles. The second kappa shape index (κ2) is 6.06. The summed E-state index contributed by atoms with van der Waals surface area (Å²) in [6, 6.07) is 9.21. The third-order valence-electron chi connectivity index (χ3n) is 3.71. The van der Waals surface area contributed by atoms with Crippen LogP contribution in [-0.2, 0) is 6.42 Å². The predicted molar refractivity (Wildman–Crippen MR) is 71.5 cm³/mol. The summed E-state index contributed by atoms with van der Waals surface area (Å²) in [5, 5.41) is 3.61. The fourth-order valence-corrected chi connectivity index (χ4v) is 2.69. The molecule has 1 saturated heterocycles. The second-order valence-corrected chi connectivity index (χ2v) is 4.80. The summed E-state index contributed by atoms with van der Waals surface area (Å²) in [6.07, 6.45) is 3.76. The summed E-state index contributed by atoms with van der Waals surface area (Å²) >= 11 is 0. The van der Waals surface area contributed by atoms with Crippen molar-refractivity contribution in [2.24, 2.45) is 5.92 Å². The minimum Gasteiger partial charge on any atom is -0.494 e. The fourth-order valence-electron chi connectivity index (χ4n) is 2.69. The highest BCUT2D eigenvalue weighted by molar-refractivity contribution is 5.28. The van der Waals surface area contributed by atoms with Crippen LogP contribution in [0.1, 0.15) is 32.3 Å². The molecule has 0 saturated carbocycles. The average molecular weight is 233 g/mol. The summed E-state index contributed by atoms with van der Waals surface area (Å²) in [6.45, 7) is 6.23. The molecule has 0 radical (unpaired) electrons. The van der Waals surface area contributed by atoms with E-state index in [-0.39, 0.29) is 0 Å². The van der Waals surface area contributed by atoms with Crippen LogP contribution >= 0.6 is 0 Å². The van der Waals surface area contributed by atoms with Crippen LogP contribution < -0.4 is 10.1 Å². The highest BCUT2D eigenvalue weighted by Crippen LogP contribution is 2.23. The van der Waals surface area contributed by atoms with Crippen molar-refractivity contribution in [1.29, 1.82) is 0 Å². The lowest BCUT2D eigenvalue weighted by molar-refractivity contribution is 0.340. The first-order valence-electron chi connectivity index (χ1n) is 6.78. The van der Waals surface area contributed by atoms with Gasteiger partial charge in [0.2, 0.25) is 0 Å². The second-order valence-electron chi connectivity index (χ2n) is 4.80. The van der Waals surface area contributed by atoms with Gasteiger partial charge in [0.05, 0.1) is 6.61 Å². The first-order valence-corrected chi connectivity index (χ1v) is 6.78. The van der Waals surface area contributed by atoms with E-state index in [2.05, 4.69) is 36.5 Å². The van der Waals surface area contributed by atoms with E-state index in [1.54, 1.807) is 0 Å². The van der Waals surface area contributed by atoms with Crippen LogP contribution in [0.3, 0.4) is 0 Å². The van der Waals surface area contributed by atoms with Gasteiger partial charge in [0.15, 0.2) is 0 Å². The van der Waals surface area contributed by atoms with E-state index in [0.717, 1.165) is 24.7 Å². The smallest absolute Gasteiger partial charge is 0.119 e. The Morgan fingerprint density at radius 2 is 2.00 bits per heavy atom. The Morgan fingerprint density at radius 1 is 1.24 bits per heavy atom. The molecule has 94 valence electrons. The molecule has 1 N–H and O–H groups in total. The third kappa shape index (κ3) is 3.22. The van der Waals surface area contributed by atoms with Gasteiger partial charge in [-0.2, -0.15) is 0 Å². The molecule has 0 bridgehead atoms. The monoisotopic (exact) mass is 233 g/mol. The molecule has 2 rings (SSSR count). The Kier molecular flexibility index (Phi) is 4.43. The Balaban J connectivity index is 1.94. The van der Waals surface area contributed by atoms with Crippen molar-refractivity contribution >= 4 is 0 Å². The summed E-state index contributed by atoms with van der Waals surface area (Å²) in [4.78, 5) is 0. The zero-order valence-electron chi connectivity index (χ0n) is 10.9. The van der Waals surface area contributed by atoms with Gasteiger partial charge >= 0.3 is 0 Å². The molecule has 0 amide bonds. The molecule has 1 fully saturated rings. The third-order valence-corrected chi connectivity index (χ3v) is 3.71. The van der Waals surface area contributed by atoms with Crippen molar-refractivity contribution in [3.63, 3.8) is 0 Å². The van der Waals surface area contributed by atoms with Crippen LogP contribution in [0.15, 0.2) is 24.3 Å². The number of rotatable bonds is 5. The zero-order chi connectivity index (χ0) is 12.1. The Labute approximate surface area is 104 Å². The SMILES string of the molecule is CCOc1ccc(CC2NCCC2CC)cc1. The maximum atomic E-state index is 5.46. The largest absolute Gasteiger partial charge is 0.494 e. The van der Waals surface area contributed by atoms with Crippen molar-refractivity contribution in [3.05, 3.63) is 29.8 Å².